The van der Waals surface area contributed by atoms with Gasteiger partial charge < -0.3 is 4.90 Å². The van der Waals surface area contributed by atoms with Crippen LogP contribution in [0.5, 0.6) is 0 Å². The van der Waals surface area contributed by atoms with E-state index in [1.165, 1.54) is 12.1 Å². The Balaban J connectivity index is 1.79. The van der Waals surface area contributed by atoms with Crippen molar-refractivity contribution in [3.63, 3.8) is 0 Å². The van der Waals surface area contributed by atoms with E-state index in [0.717, 1.165) is 10.5 Å². The second-order valence-corrected chi connectivity index (χ2v) is 8.31. The van der Waals surface area contributed by atoms with Crippen LogP contribution in [0.25, 0.3) is 0 Å². The number of fused-ring (bicyclic) bond motifs is 1. The van der Waals surface area contributed by atoms with E-state index in [9.17, 15) is 22.0 Å². The van der Waals surface area contributed by atoms with Crippen LogP contribution in [0.3, 0.4) is 0 Å². The minimum absolute atomic E-state index is 0.124. The van der Waals surface area contributed by atoms with E-state index < -0.39 is 23.0 Å². The number of benzene rings is 2. The topological polar surface area (TPSA) is 66.5 Å². The van der Waals surface area contributed by atoms with E-state index in [1.54, 1.807) is 24.3 Å². The molecule has 0 saturated heterocycles. The van der Waals surface area contributed by atoms with Crippen molar-refractivity contribution in [3.8, 4) is 0 Å². The molecule has 5 nitrogen and oxygen atoms in total. The maximum atomic E-state index is 12.7. The number of halogens is 2. The maximum absolute atomic E-state index is 12.7. The maximum Gasteiger partial charge on any atom is 0.256 e. The van der Waals surface area contributed by atoms with Gasteiger partial charge in [-0.25, -0.2) is 17.2 Å². The highest BCUT2D eigenvalue weighted by molar-refractivity contribution is 7.91. The molecular formula is C19H20F2N2O3S. The Morgan fingerprint density at radius 3 is 2.63 bits per heavy atom. The molecule has 2 aromatic carbocycles. The largest absolute Gasteiger partial charge is 0.306 e. The predicted octanol–water partition coefficient (Wildman–Crippen LogP) is 3.48. The number of sulfonamides is 1. The van der Waals surface area contributed by atoms with Crippen molar-refractivity contribution in [3.05, 3.63) is 59.2 Å². The van der Waals surface area contributed by atoms with E-state index in [4.69, 9.17) is 0 Å². The zero-order valence-electron chi connectivity index (χ0n) is 14.8. The Labute approximate surface area is 157 Å². The number of hydrogen-bond donors (Lipinski definition) is 1. The highest BCUT2D eigenvalue weighted by Gasteiger charge is 2.27. The van der Waals surface area contributed by atoms with Crippen molar-refractivity contribution in [2.45, 2.75) is 31.9 Å². The summed E-state index contributed by atoms with van der Waals surface area (Å²) in [6, 6.07) is 11.8. The minimum atomic E-state index is -3.62. The fraction of sp³-hybridized carbons (Fsp3) is 0.316. The first-order valence-corrected chi connectivity index (χ1v) is 10.2. The summed E-state index contributed by atoms with van der Waals surface area (Å²) in [5.74, 6) is -0.516. The summed E-state index contributed by atoms with van der Waals surface area (Å²) in [4.78, 5) is 13.0. The molecule has 144 valence electrons. The molecule has 0 spiro atoms. The Bertz CT molecular complexity index is 961. The van der Waals surface area contributed by atoms with Crippen LogP contribution in [0.2, 0.25) is 0 Å². The lowest BCUT2D eigenvalue weighted by atomic mass is 10.0. The van der Waals surface area contributed by atoms with Crippen molar-refractivity contribution >= 4 is 27.3 Å². The molecule has 0 saturated carbocycles. The van der Waals surface area contributed by atoms with Crippen LogP contribution < -0.4 is 9.62 Å². The lowest BCUT2D eigenvalue weighted by Crippen LogP contribution is -2.38. The van der Waals surface area contributed by atoms with E-state index in [-0.39, 0.29) is 18.1 Å². The number of carbonyl (C=O) groups is 1. The van der Waals surface area contributed by atoms with Gasteiger partial charge in [0.05, 0.1) is 12.3 Å². The van der Waals surface area contributed by atoms with Gasteiger partial charge in [0.15, 0.2) is 0 Å². The summed E-state index contributed by atoms with van der Waals surface area (Å²) >= 11 is 0. The molecule has 0 bridgehead atoms. The summed E-state index contributed by atoms with van der Waals surface area (Å²) in [5.41, 5.74) is 3.08. The number of nitrogens with zero attached hydrogens (tertiary/aromatic N) is 1. The number of rotatable bonds is 6. The van der Waals surface area contributed by atoms with Crippen LogP contribution in [0.4, 0.5) is 20.2 Å². The molecular weight excluding hydrogens is 374 g/mol. The minimum Gasteiger partial charge on any atom is -0.306 e. The van der Waals surface area contributed by atoms with Crippen molar-refractivity contribution in [2.24, 2.45) is 0 Å². The molecule has 0 radical (unpaired) electrons. The third-order valence-electron chi connectivity index (χ3n) is 4.31. The van der Waals surface area contributed by atoms with Gasteiger partial charge in [0.25, 0.3) is 6.43 Å². The zero-order chi connectivity index (χ0) is 19.6. The van der Waals surface area contributed by atoms with Crippen LogP contribution in [-0.2, 0) is 27.0 Å². The van der Waals surface area contributed by atoms with E-state index >= 15 is 0 Å². The summed E-state index contributed by atoms with van der Waals surface area (Å²) in [7, 11) is -3.62. The first kappa shape index (κ1) is 19.3. The van der Waals surface area contributed by atoms with Gasteiger partial charge in [-0.2, -0.15) is 0 Å². The Morgan fingerprint density at radius 1 is 1.15 bits per heavy atom. The van der Waals surface area contributed by atoms with Gasteiger partial charge in [-0.1, -0.05) is 29.8 Å². The van der Waals surface area contributed by atoms with Crippen LogP contribution in [0.15, 0.2) is 42.5 Å². The first-order valence-electron chi connectivity index (χ1n) is 8.51. The molecule has 27 heavy (non-hydrogen) atoms. The highest BCUT2D eigenvalue weighted by Crippen LogP contribution is 2.31. The highest BCUT2D eigenvalue weighted by atomic mass is 32.2. The zero-order valence-corrected chi connectivity index (χ0v) is 15.6. The molecule has 1 N–H and O–H groups in total. The van der Waals surface area contributed by atoms with Crippen molar-refractivity contribution < 1.29 is 22.0 Å². The lowest BCUT2D eigenvalue weighted by Gasteiger charge is -2.29. The number of nitrogens with one attached hydrogen (secondary N) is 1. The fourth-order valence-electron chi connectivity index (χ4n) is 3.20. The average molecular weight is 394 g/mol. The van der Waals surface area contributed by atoms with Gasteiger partial charge in [-0.15, -0.1) is 0 Å². The monoisotopic (exact) mass is 394 g/mol. The molecule has 0 aliphatic carbocycles. The van der Waals surface area contributed by atoms with Crippen LogP contribution in [0, 0.1) is 6.92 Å². The smallest absolute Gasteiger partial charge is 0.256 e. The molecule has 0 fully saturated rings. The third-order valence-corrected chi connectivity index (χ3v) is 5.57. The van der Waals surface area contributed by atoms with Gasteiger partial charge in [-0.3, -0.25) is 9.52 Å². The first-order chi connectivity index (χ1) is 12.7. The van der Waals surface area contributed by atoms with Crippen LogP contribution in [-0.4, -0.2) is 27.3 Å². The van der Waals surface area contributed by atoms with Crippen LogP contribution >= 0.6 is 0 Å². The number of carbonyl (C=O) groups excluding carboxylic acids is 1. The fourth-order valence-corrected chi connectivity index (χ4v) is 4.38. The molecule has 8 heteroatoms. The lowest BCUT2D eigenvalue weighted by molar-refractivity contribution is -0.119. The Kier molecular flexibility index (Phi) is 5.46. The standard InChI is InChI=1S/C19H20F2N2O3S/c1-13-3-2-4-14(9-13)12-27(25,26)22-16-6-7-17-15(10-16)5-8-19(24)23(17)11-18(20)21/h2-4,6-7,9-10,18,22H,5,8,11-12H2,1H3. The second kappa shape index (κ2) is 7.64. The SMILES string of the molecule is Cc1cccc(CS(=O)(=O)Nc2ccc3c(c2)CCC(=O)N3CC(F)F)c1. The number of alkyl halides is 2. The van der Waals surface area contributed by atoms with Gasteiger partial charge in [0, 0.05) is 17.8 Å². The molecule has 1 heterocycles. The second-order valence-electron chi connectivity index (χ2n) is 6.59. The van der Waals surface area contributed by atoms with Gasteiger partial charge in [-0.05, 0) is 42.7 Å². The van der Waals surface area contributed by atoms with Crippen molar-refractivity contribution in [1.82, 2.24) is 0 Å². The third kappa shape index (κ3) is 4.82. The Hall–Kier alpha value is -2.48. The van der Waals surface area contributed by atoms with Gasteiger partial charge in [0.1, 0.15) is 0 Å². The number of aryl methyl sites for hydroxylation is 2. The predicted molar refractivity (Wildman–Crippen MR) is 101 cm³/mol. The molecule has 2 aromatic rings. The van der Waals surface area contributed by atoms with E-state index in [1.807, 2.05) is 13.0 Å². The quantitative estimate of drug-likeness (QED) is 0.816. The number of anilines is 2. The molecule has 0 unspecified atom stereocenters. The summed E-state index contributed by atoms with van der Waals surface area (Å²) < 4.78 is 52.9. The number of amides is 1. The van der Waals surface area contributed by atoms with Gasteiger partial charge >= 0.3 is 0 Å². The van der Waals surface area contributed by atoms with E-state index in [2.05, 4.69) is 4.72 Å². The summed E-state index contributed by atoms with van der Waals surface area (Å²) in [5, 5.41) is 0. The Morgan fingerprint density at radius 2 is 1.93 bits per heavy atom. The van der Waals surface area contributed by atoms with E-state index in [0.29, 0.717) is 28.9 Å². The number of hydrogen-bond acceptors (Lipinski definition) is 3. The van der Waals surface area contributed by atoms with Crippen molar-refractivity contribution in [2.75, 3.05) is 16.2 Å². The molecule has 0 aromatic heterocycles. The summed E-state index contributed by atoms with van der Waals surface area (Å²) in [6.45, 7) is 1.23. The molecule has 1 amide bonds. The average Bonchev–Trinajstić information content (AvgIpc) is 2.56. The molecule has 3 rings (SSSR count). The molecule has 1 aliphatic rings. The molecule has 0 atom stereocenters. The van der Waals surface area contributed by atoms with Gasteiger partial charge in [0.2, 0.25) is 15.9 Å². The van der Waals surface area contributed by atoms with Crippen LogP contribution in [0.1, 0.15) is 23.1 Å². The summed E-state index contributed by atoms with van der Waals surface area (Å²) in [6.07, 6.45) is -2.12. The van der Waals surface area contributed by atoms with Crippen molar-refractivity contribution in [1.29, 1.82) is 0 Å². The normalized spacial score (nSPS) is 14.4. The molecule has 1 aliphatic heterocycles.